The maximum absolute atomic E-state index is 13.3. The Labute approximate surface area is 194 Å². The minimum absolute atomic E-state index is 0.00571. The first-order valence-electron chi connectivity index (χ1n) is 11.6. The predicted octanol–water partition coefficient (Wildman–Crippen LogP) is 2.26. The van der Waals surface area contributed by atoms with Gasteiger partial charge in [0.1, 0.15) is 11.9 Å². The van der Waals surface area contributed by atoms with E-state index in [0.717, 1.165) is 19.4 Å². The van der Waals surface area contributed by atoms with Gasteiger partial charge in [0, 0.05) is 32.0 Å². The van der Waals surface area contributed by atoms with Gasteiger partial charge in [0.2, 0.25) is 0 Å². The van der Waals surface area contributed by atoms with Crippen molar-refractivity contribution in [3.05, 3.63) is 46.6 Å². The number of anilines is 3. The van der Waals surface area contributed by atoms with Gasteiger partial charge in [-0.1, -0.05) is 0 Å². The molecule has 0 aromatic carbocycles. The summed E-state index contributed by atoms with van der Waals surface area (Å²) >= 11 is 0. The van der Waals surface area contributed by atoms with Gasteiger partial charge in [0.15, 0.2) is 17.2 Å². The van der Waals surface area contributed by atoms with Gasteiger partial charge in [-0.3, -0.25) is 9.59 Å². The van der Waals surface area contributed by atoms with Gasteiger partial charge in [-0.25, -0.2) is 13.9 Å². The second-order valence-electron chi connectivity index (χ2n) is 9.25. The maximum Gasteiger partial charge on any atom is 0.274 e. The van der Waals surface area contributed by atoms with E-state index in [1.807, 2.05) is 0 Å². The number of nitrogens with zero attached hydrogens (tertiary/aromatic N) is 4. The van der Waals surface area contributed by atoms with Gasteiger partial charge in [0.25, 0.3) is 11.5 Å². The highest BCUT2D eigenvalue weighted by atomic mass is 19.1. The van der Waals surface area contributed by atoms with E-state index < -0.39 is 6.17 Å². The number of hydrogen-bond acceptors (Lipinski definition) is 7. The lowest BCUT2D eigenvalue weighted by Gasteiger charge is -2.39. The summed E-state index contributed by atoms with van der Waals surface area (Å²) in [5.41, 5.74) is 1.52. The lowest BCUT2D eigenvalue weighted by Crippen LogP contribution is -2.54. The van der Waals surface area contributed by atoms with Crippen LogP contribution < -0.4 is 21.5 Å². The predicted molar refractivity (Wildman–Crippen MR) is 123 cm³/mol. The van der Waals surface area contributed by atoms with Gasteiger partial charge in [-0.05, 0) is 43.7 Å². The third kappa shape index (κ3) is 3.42. The Kier molecular flexibility index (Phi) is 5.01. The molecule has 6 rings (SSSR count). The molecule has 34 heavy (non-hydrogen) atoms. The van der Waals surface area contributed by atoms with Crippen LogP contribution in [0.3, 0.4) is 0 Å². The zero-order valence-corrected chi connectivity index (χ0v) is 18.7. The van der Waals surface area contributed by atoms with Crippen molar-refractivity contribution in [2.45, 2.75) is 50.0 Å². The van der Waals surface area contributed by atoms with E-state index in [1.165, 1.54) is 10.7 Å². The van der Waals surface area contributed by atoms with Crippen LogP contribution in [-0.4, -0.2) is 57.0 Å². The summed E-state index contributed by atoms with van der Waals surface area (Å²) in [7, 11) is 1.75. The minimum Gasteiger partial charge on any atom is -0.385 e. The Morgan fingerprint density at radius 1 is 1.26 bits per heavy atom. The molecule has 1 aliphatic heterocycles. The lowest BCUT2D eigenvalue weighted by atomic mass is 9.77. The third-order valence-corrected chi connectivity index (χ3v) is 7.19. The van der Waals surface area contributed by atoms with Crippen LogP contribution in [0.15, 0.2) is 35.4 Å². The number of alkyl halides is 1. The number of nitrogens with one attached hydrogen (secondary N) is 3. The van der Waals surface area contributed by atoms with Crippen LogP contribution in [0.1, 0.15) is 42.2 Å². The molecule has 2 aliphatic carbocycles. The fourth-order valence-electron chi connectivity index (χ4n) is 5.15. The Morgan fingerprint density at radius 2 is 2.12 bits per heavy atom. The number of pyridine rings is 1. The molecular formula is C23H26FN7O3. The Morgan fingerprint density at radius 3 is 2.88 bits per heavy atom. The molecule has 0 spiro atoms. The van der Waals surface area contributed by atoms with Crippen molar-refractivity contribution in [1.82, 2.24) is 24.5 Å². The summed E-state index contributed by atoms with van der Waals surface area (Å²) in [6.07, 6.45) is 5.06. The number of imidazole rings is 1. The molecule has 0 radical (unpaired) electrons. The van der Waals surface area contributed by atoms with Crippen molar-refractivity contribution in [2.75, 3.05) is 24.3 Å². The number of halogens is 1. The molecule has 1 amide bonds. The molecule has 0 bridgehead atoms. The molecule has 3 aromatic heterocycles. The van der Waals surface area contributed by atoms with Gasteiger partial charge in [-0.2, -0.15) is 0 Å². The van der Waals surface area contributed by atoms with Crippen molar-refractivity contribution in [3.8, 4) is 0 Å². The largest absolute Gasteiger partial charge is 0.385 e. The van der Waals surface area contributed by atoms with Gasteiger partial charge in [0.05, 0.1) is 24.0 Å². The molecule has 3 atom stereocenters. The summed E-state index contributed by atoms with van der Waals surface area (Å²) in [5, 5.41) is 13.7. The molecule has 178 valence electrons. The normalized spacial score (nSPS) is 27.5. The van der Waals surface area contributed by atoms with Crippen LogP contribution in [0, 0.1) is 5.92 Å². The van der Waals surface area contributed by atoms with Crippen LogP contribution in [0.25, 0.3) is 5.65 Å². The zero-order valence-electron chi connectivity index (χ0n) is 18.7. The molecule has 10 nitrogen and oxygen atoms in total. The topological polar surface area (TPSA) is 115 Å². The van der Waals surface area contributed by atoms with E-state index in [9.17, 15) is 14.0 Å². The highest BCUT2D eigenvalue weighted by Gasteiger charge is 2.46. The van der Waals surface area contributed by atoms with E-state index in [0.29, 0.717) is 47.3 Å². The molecule has 1 saturated heterocycles. The van der Waals surface area contributed by atoms with Crippen LogP contribution in [-0.2, 0) is 4.74 Å². The standard InChI is InChI=1S/C23H26FN7O3/c1-25-17-10-19(27-15-3-2-5-30(23(15)33)14-8-13(24)9-14)29-31-18(11-26-21(17)31)22(32)28-16-7-12-4-6-34-20(12)16/h2-3,5,10-14,16,20,25H,4,6-9H2,1H3,(H,27,29)(H,28,32)/t12-,13?,14?,16-,20-/m1/s1. The first-order valence-corrected chi connectivity index (χ1v) is 11.6. The van der Waals surface area contributed by atoms with Crippen LogP contribution in [0.4, 0.5) is 21.6 Å². The van der Waals surface area contributed by atoms with Crippen LogP contribution >= 0.6 is 0 Å². The second-order valence-corrected chi connectivity index (χ2v) is 9.25. The number of amides is 1. The summed E-state index contributed by atoms with van der Waals surface area (Å²) in [6, 6.07) is 5.00. The highest BCUT2D eigenvalue weighted by molar-refractivity contribution is 5.94. The number of carbonyl (C=O) groups is 1. The summed E-state index contributed by atoms with van der Waals surface area (Å²) in [6.45, 7) is 0.746. The van der Waals surface area contributed by atoms with Crippen molar-refractivity contribution >= 4 is 28.7 Å². The van der Waals surface area contributed by atoms with Crippen molar-refractivity contribution < 1.29 is 13.9 Å². The number of ether oxygens (including phenoxy) is 1. The number of aromatic nitrogens is 4. The van der Waals surface area contributed by atoms with Crippen LogP contribution in [0.5, 0.6) is 0 Å². The minimum atomic E-state index is -0.854. The van der Waals surface area contributed by atoms with Crippen molar-refractivity contribution in [3.63, 3.8) is 0 Å². The molecule has 3 aliphatic rings. The molecule has 0 unspecified atom stereocenters. The Hall–Kier alpha value is -3.47. The zero-order chi connectivity index (χ0) is 23.4. The lowest BCUT2D eigenvalue weighted by molar-refractivity contribution is -0.000686. The van der Waals surface area contributed by atoms with Crippen molar-refractivity contribution in [2.24, 2.45) is 5.92 Å². The first kappa shape index (κ1) is 21.1. The smallest absolute Gasteiger partial charge is 0.274 e. The summed E-state index contributed by atoms with van der Waals surface area (Å²) < 4.78 is 22.1. The summed E-state index contributed by atoms with van der Waals surface area (Å²) in [5.74, 6) is 0.632. The monoisotopic (exact) mass is 467 g/mol. The van der Waals surface area contributed by atoms with E-state index in [2.05, 4.69) is 26.0 Å². The fraction of sp³-hybridized carbons (Fsp3) is 0.478. The second kappa shape index (κ2) is 8.08. The summed E-state index contributed by atoms with van der Waals surface area (Å²) in [4.78, 5) is 30.4. The van der Waals surface area contributed by atoms with Crippen molar-refractivity contribution in [1.29, 1.82) is 0 Å². The van der Waals surface area contributed by atoms with Crippen LogP contribution in [0.2, 0.25) is 0 Å². The maximum atomic E-state index is 13.3. The number of carbonyl (C=O) groups excluding carboxylic acids is 1. The van der Waals surface area contributed by atoms with Gasteiger partial charge >= 0.3 is 0 Å². The molecule has 3 aromatic rings. The third-order valence-electron chi connectivity index (χ3n) is 7.19. The molecule has 11 heteroatoms. The van der Waals surface area contributed by atoms with E-state index >= 15 is 0 Å². The molecule has 3 fully saturated rings. The average molecular weight is 468 g/mol. The molecule has 4 heterocycles. The Bertz CT molecular complexity index is 1320. The van der Waals surface area contributed by atoms with E-state index in [1.54, 1.807) is 36.0 Å². The average Bonchev–Trinajstić information content (AvgIpc) is 3.40. The van der Waals surface area contributed by atoms with E-state index in [-0.39, 0.29) is 29.7 Å². The highest BCUT2D eigenvalue weighted by Crippen LogP contribution is 2.38. The van der Waals surface area contributed by atoms with Gasteiger partial charge in [-0.15, -0.1) is 5.10 Å². The van der Waals surface area contributed by atoms with Gasteiger partial charge < -0.3 is 25.3 Å². The fourth-order valence-corrected chi connectivity index (χ4v) is 5.15. The number of rotatable bonds is 6. The SMILES string of the molecule is CNc1cc(Nc2cccn(C3CC(F)C3)c2=O)nn2c(C(=O)N[C@@H]3C[C@H]4CCO[C@H]43)cnc12. The quantitative estimate of drug-likeness (QED) is 0.509. The molecular weight excluding hydrogens is 441 g/mol. The first-order chi connectivity index (χ1) is 16.5. The molecule has 2 saturated carbocycles. The number of fused-ring (bicyclic) bond motifs is 2. The Balaban J connectivity index is 1.28. The molecule has 3 N–H and O–H groups in total. The number of hydrogen-bond donors (Lipinski definition) is 3. The van der Waals surface area contributed by atoms with E-state index in [4.69, 9.17) is 4.74 Å².